The van der Waals surface area contributed by atoms with E-state index in [-0.39, 0.29) is 26.3 Å². The first-order valence-corrected chi connectivity index (χ1v) is 10.0. The molecule has 3 rings (SSSR count). The second kappa shape index (κ2) is 6.14. The summed E-state index contributed by atoms with van der Waals surface area (Å²) in [7, 11) is -8.53. The van der Waals surface area contributed by atoms with Crippen LogP contribution in [0.5, 0.6) is 5.75 Å². The van der Waals surface area contributed by atoms with E-state index in [1.54, 1.807) is 24.3 Å². The van der Waals surface area contributed by atoms with E-state index in [4.69, 9.17) is 4.18 Å². The molecule has 0 unspecified atom stereocenters. The van der Waals surface area contributed by atoms with E-state index in [1.807, 2.05) is 6.92 Å². The molecule has 0 spiro atoms. The maximum Gasteiger partial charge on any atom is 0.339 e. The van der Waals surface area contributed by atoms with Crippen molar-refractivity contribution in [3.63, 3.8) is 0 Å². The fourth-order valence-electron chi connectivity index (χ4n) is 2.41. The zero-order valence-corrected chi connectivity index (χ0v) is 14.7. The lowest BCUT2D eigenvalue weighted by Gasteiger charge is -2.11. The van der Waals surface area contributed by atoms with Gasteiger partial charge in [0.05, 0.1) is 0 Å². The Morgan fingerprint density at radius 3 is 2.00 bits per heavy atom. The topological polar surface area (TPSA) is 97.7 Å². The predicted octanol–water partition coefficient (Wildman–Crippen LogP) is 3.16. The summed E-state index contributed by atoms with van der Waals surface area (Å²) in [6.07, 6.45) is 0. The Labute approximate surface area is 145 Å². The summed E-state index contributed by atoms with van der Waals surface area (Å²) >= 11 is 0. The minimum atomic E-state index is -4.45. The van der Waals surface area contributed by atoms with Crippen molar-refractivity contribution in [3.8, 4) is 5.75 Å². The number of hydrogen-bond acceptors (Lipinski definition) is 5. The van der Waals surface area contributed by atoms with Crippen LogP contribution < -0.4 is 4.18 Å². The van der Waals surface area contributed by atoms with Gasteiger partial charge in [-0.3, -0.25) is 4.55 Å². The van der Waals surface area contributed by atoms with Gasteiger partial charge in [-0.15, -0.1) is 0 Å². The molecule has 1 N–H and O–H groups in total. The lowest BCUT2D eigenvalue weighted by atomic mass is 10.1. The molecule has 0 aliphatic heterocycles. The maximum absolute atomic E-state index is 12.4. The standard InChI is InChI=1S/C17H14O6S2/c1-12-6-8-13(9-7-12)25(21,22)23-16-10-11-17(24(18,19)20)15-5-3-2-4-14(15)16/h2-11H,1H3,(H,18,19,20). The van der Waals surface area contributed by atoms with Gasteiger partial charge >= 0.3 is 10.1 Å². The van der Waals surface area contributed by atoms with Crippen molar-refractivity contribution in [3.05, 3.63) is 66.2 Å². The Morgan fingerprint density at radius 1 is 0.800 bits per heavy atom. The van der Waals surface area contributed by atoms with Gasteiger partial charge in [0, 0.05) is 10.8 Å². The van der Waals surface area contributed by atoms with Crippen LogP contribution in [0.3, 0.4) is 0 Å². The van der Waals surface area contributed by atoms with Crippen LogP contribution in [-0.2, 0) is 20.2 Å². The highest BCUT2D eigenvalue weighted by Crippen LogP contribution is 2.32. The van der Waals surface area contributed by atoms with Gasteiger partial charge < -0.3 is 4.18 Å². The van der Waals surface area contributed by atoms with E-state index in [2.05, 4.69) is 0 Å². The summed E-state index contributed by atoms with van der Waals surface area (Å²) in [6, 6.07) is 14.6. The van der Waals surface area contributed by atoms with Crippen LogP contribution in [0.4, 0.5) is 0 Å². The number of aryl methyl sites for hydroxylation is 1. The molecule has 0 radical (unpaired) electrons. The molecule has 0 atom stereocenters. The molecular formula is C17H14O6S2. The summed E-state index contributed by atoms with van der Waals surface area (Å²) in [6.45, 7) is 1.83. The molecule has 0 saturated heterocycles. The second-order valence-electron chi connectivity index (χ2n) is 5.43. The smallest absolute Gasteiger partial charge is 0.339 e. The third-order valence-electron chi connectivity index (χ3n) is 3.63. The Kier molecular flexibility index (Phi) is 4.28. The van der Waals surface area contributed by atoms with Crippen LogP contribution in [-0.4, -0.2) is 21.4 Å². The second-order valence-corrected chi connectivity index (χ2v) is 8.37. The van der Waals surface area contributed by atoms with Crippen molar-refractivity contribution < 1.29 is 25.6 Å². The third-order valence-corrected chi connectivity index (χ3v) is 5.79. The van der Waals surface area contributed by atoms with Crippen LogP contribution in [0, 0.1) is 6.92 Å². The molecule has 0 aliphatic rings. The Balaban J connectivity index is 2.13. The van der Waals surface area contributed by atoms with Gasteiger partial charge in [-0.2, -0.15) is 16.8 Å². The van der Waals surface area contributed by atoms with E-state index in [1.165, 1.54) is 30.3 Å². The summed E-state index contributed by atoms with van der Waals surface area (Å²) in [5, 5.41) is 0.426. The fraction of sp³-hybridized carbons (Fsp3) is 0.0588. The lowest BCUT2D eigenvalue weighted by Crippen LogP contribution is -2.10. The van der Waals surface area contributed by atoms with Crippen LogP contribution >= 0.6 is 0 Å². The lowest BCUT2D eigenvalue weighted by molar-refractivity contribution is 0.484. The number of rotatable bonds is 4. The van der Waals surface area contributed by atoms with Crippen LogP contribution in [0.25, 0.3) is 10.8 Å². The van der Waals surface area contributed by atoms with Crippen molar-refractivity contribution >= 4 is 31.0 Å². The zero-order valence-electron chi connectivity index (χ0n) is 13.1. The van der Waals surface area contributed by atoms with E-state index in [0.29, 0.717) is 0 Å². The summed E-state index contributed by atoms with van der Waals surface area (Å²) in [5.41, 5.74) is 0.905. The molecule has 25 heavy (non-hydrogen) atoms. The van der Waals surface area contributed by atoms with Crippen molar-refractivity contribution in [1.29, 1.82) is 0 Å². The van der Waals surface area contributed by atoms with Crippen LogP contribution in [0.1, 0.15) is 5.56 Å². The molecule has 0 bridgehead atoms. The average Bonchev–Trinajstić information content (AvgIpc) is 2.54. The van der Waals surface area contributed by atoms with Crippen molar-refractivity contribution in [2.24, 2.45) is 0 Å². The largest absolute Gasteiger partial charge is 0.378 e. The van der Waals surface area contributed by atoms with E-state index < -0.39 is 20.2 Å². The number of benzene rings is 3. The van der Waals surface area contributed by atoms with Gasteiger partial charge in [0.2, 0.25) is 0 Å². The molecule has 0 saturated carbocycles. The molecule has 130 valence electrons. The molecule has 0 amide bonds. The normalized spacial score (nSPS) is 12.2. The van der Waals surface area contributed by atoms with Gasteiger partial charge in [-0.1, -0.05) is 42.0 Å². The third kappa shape index (κ3) is 3.51. The van der Waals surface area contributed by atoms with Gasteiger partial charge in [0.15, 0.2) is 5.75 Å². The van der Waals surface area contributed by atoms with E-state index in [9.17, 15) is 21.4 Å². The minimum Gasteiger partial charge on any atom is -0.378 e. The van der Waals surface area contributed by atoms with Gasteiger partial charge in [0.1, 0.15) is 9.79 Å². The fourth-order valence-corrected chi connectivity index (χ4v) is 4.06. The maximum atomic E-state index is 12.4. The average molecular weight is 378 g/mol. The van der Waals surface area contributed by atoms with Crippen LogP contribution in [0.2, 0.25) is 0 Å². The molecule has 6 nitrogen and oxygen atoms in total. The van der Waals surface area contributed by atoms with Gasteiger partial charge in [-0.25, -0.2) is 0 Å². The monoisotopic (exact) mass is 378 g/mol. The number of fused-ring (bicyclic) bond motifs is 1. The summed E-state index contributed by atoms with van der Waals surface area (Å²) in [4.78, 5) is -0.329. The highest BCUT2D eigenvalue weighted by Gasteiger charge is 2.21. The van der Waals surface area contributed by atoms with E-state index in [0.717, 1.165) is 11.6 Å². The van der Waals surface area contributed by atoms with Crippen molar-refractivity contribution in [2.75, 3.05) is 0 Å². The first-order chi connectivity index (χ1) is 11.7. The van der Waals surface area contributed by atoms with Crippen molar-refractivity contribution in [2.45, 2.75) is 16.7 Å². The Morgan fingerprint density at radius 2 is 1.40 bits per heavy atom. The first kappa shape index (κ1) is 17.4. The highest BCUT2D eigenvalue weighted by atomic mass is 32.2. The van der Waals surface area contributed by atoms with Crippen molar-refractivity contribution in [1.82, 2.24) is 0 Å². The Hall–Kier alpha value is -2.42. The molecule has 0 aliphatic carbocycles. The Bertz CT molecular complexity index is 1150. The first-order valence-electron chi connectivity index (χ1n) is 7.19. The zero-order chi connectivity index (χ0) is 18.2. The molecule has 0 aromatic heterocycles. The molecular weight excluding hydrogens is 364 g/mol. The quantitative estimate of drug-likeness (QED) is 0.553. The minimum absolute atomic E-state index is 0.0129. The summed E-state index contributed by atoms with van der Waals surface area (Å²) < 4.78 is 62.4. The van der Waals surface area contributed by atoms with Crippen LogP contribution in [0.15, 0.2) is 70.5 Å². The van der Waals surface area contributed by atoms with E-state index >= 15 is 0 Å². The molecule has 0 fully saturated rings. The van der Waals surface area contributed by atoms with Gasteiger partial charge in [0.25, 0.3) is 10.1 Å². The molecule has 8 heteroatoms. The summed E-state index contributed by atoms with van der Waals surface area (Å²) in [5.74, 6) is -0.0245. The molecule has 0 heterocycles. The molecule has 3 aromatic carbocycles. The molecule has 3 aromatic rings. The highest BCUT2D eigenvalue weighted by molar-refractivity contribution is 7.87. The number of hydrogen-bond donors (Lipinski definition) is 1. The predicted molar refractivity (Wildman–Crippen MR) is 92.8 cm³/mol. The SMILES string of the molecule is Cc1ccc(S(=O)(=O)Oc2ccc(S(=O)(=O)O)c3ccccc23)cc1. The van der Waals surface area contributed by atoms with Gasteiger partial charge in [-0.05, 0) is 31.2 Å².